The fourth-order valence-electron chi connectivity index (χ4n) is 13.0. The number of phosphoric acid groups is 1. The van der Waals surface area contributed by atoms with E-state index in [0.717, 1.165) is 32.1 Å². The normalized spacial score (nSPS) is 12.7. The van der Waals surface area contributed by atoms with Crippen molar-refractivity contribution in [2.75, 3.05) is 26.4 Å². The van der Waals surface area contributed by atoms with Gasteiger partial charge in [0.1, 0.15) is 6.61 Å². The summed E-state index contributed by atoms with van der Waals surface area (Å²) in [5.41, 5.74) is 5.41. The summed E-state index contributed by atoms with van der Waals surface area (Å²) in [6.45, 7) is 3.86. The number of phosphoric ester groups is 1. The van der Waals surface area contributed by atoms with Crippen LogP contribution in [0.4, 0.5) is 0 Å². The van der Waals surface area contributed by atoms with E-state index < -0.39 is 26.5 Å². The Hall–Kier alpha value is -0.990. The minimum absolute atomic E-state index is 0.0589. The molecule has 0 amide bonds. The van der Waals surface area contributed by atoms with E-state index in [1.807, 2.05) is 0 Å². The third kappa shape index (κ3) is 75.9. The van der Waals surface area contributed by atoms with Gasteiger partial charge in [-0.15, -0.1) is 0 Å². The van der Waals surface area contributed by atoms with E-state index >= 15 is 0 Å². The molecule has 0 aliphatic rings. The maximum absolute atomic E-state index is 12.8. The number of hydrogen-bond donors (Lipinski definition) is 2. The van der Waals surface area contributed by atoms with E-state index in [1.165, 1.54) is 398 Å². The molecule has 9 nitrogen and oxygen atoms in total. The Kier molecular flexibility index (Phi) is 75.2. The fraction of sp³-hybridized carbons (Fsp3) is 0.975. The van der Waals surface area contributed by atoms with Crippen LogP contribution in [0.2, 0.25) is 0 Å². The van der Waals surface area contributed by atoms with E-state index in [1.54, 1.807) is 0 Å². The molecule has 89 heavy (non-hydrogen) atoms. The topological polar surface area (TPSA) is 134 Å². The van der Waals surface area contributed by atoms with Crippen LogP contribution in [0, 0.1) is 0 Å². The summed E-state index contributed by atoms with van der Waals surface area (Å²) < 4.78 is 33.3. The maximum Gasteiger partial charge on any atom is 0.472 e. The zero-order valence-electron chi connectivity index (χ0n) is 60.2. The van der Waals surface area contributed by atoms with E-state index in [9.17, 15) is 19.0 Å². The van der Waals surface area contributed by atoms with Gasteiger partial charge in [-0.05, 0) is 12.8 Å². The Balaban J connectivity index is 3.69. The van der Waals surface area contributed by atoms with Crippen molar-refractivity contribution >= 4 is 19.8 Å². The Morgan fingerprint density at radius 1 is 0.292 bits per heavy atom. The van der Waals surface area contributed by atoms with E-state index in [4.69, 9.17) is 24.3 Å². The van der Waals surface area contributed by atoms with Crippen LogP contribution in [-0.2, 0) is 32.7 Å². The molecule has 2 unspecified atom stereocenters. The molecule has 0 heterocycles. The lowest BCUT2D eigenvalue weighted by molar-refractivity contribution is -0.161. The number of carbonyl (C=O) groups is 2. The van der Waals surface area contributed by atoms with Crippen LogP contribution in [0.25, 0.3) is 0 Å². The minimum atomic E-state index is -4.39. The van der Waals surface area contributed by atoms with Gasteiger partial charge < -0.3 is 20.1 Å². The van der Waals surface area contributed by atoms with Gasteiger partial charge in [0.15, 0.2) is 6.10 Å². The first-order chi connectivity index (χ1) is 43.8. The third-order valence-electron chi connectivity index (χ3n) is 19.0. The molecule has 0 aromatic heterocycles. The van der Waals surface area contributed by atoms with Gasteiger partial charge in [0.2, 0.25) is 0 Å². The number of hydrogen-bond acceptors (Lipinski definition) is 8. The van der Waals surface area contributed by atoms with Gasteiger partial charge in [-0.3, -0.25) is 18.6 Å². The molecule has 0 aliphatic carbocycles. The lowest BCUT2D eigenvalue weighted by atomic mass is 10.0. The van der Waals surface area contributed by atoms with Crippen molar-refractivity contribution in [2.45, 2.75) is 469 Å². The average Bonchev–Trinajstić information content (AvgIpc) is 3.58. The monoisotopic (exact) mass is 1280 g/mol. The van der Waals surface area contributed by atoms with Crippen LogP contribution in [0.1, 0.15) is 463 Å². The molecule has 0 bridgehead atoms. The van der Waals surface area contributed by atoms with Crippen LogP contribution >= 0.6 is 7.82 Å². The number of carbonyl (C=O) groups excluding carboxylic acids is 2. The molecule has 0 fully saturated rings. The molecule has 532 valence electrons. The Bertz CT molecular complexity index is 1420. The SMILES string of the molecule is CCCCCCCCCCCCCCCCCCCCCCCCCCCCCCCCCCCCCCCCCCCC(=O)OC(COC(=O)CCCCCCCCCCCCCCCCCCCCCCCCCCCCC)COP(=O)(O)OCCN. The second-order valence-corrected chi connectivity index (χ2v) is 29.5. The predicted octanol–water partition coefficient (Wildman–Crippen LogP) is 26.9. The second kappa shape index (κ2) is 76.0. The lowest BCUT2D eigenvalue weighted by Crippen LogP contribution is -2.29. The number of ether oxygens (including phenoxy) is 2. The number of rotatable bonds is 79. The molecule has 0 radical (unpaired) electrons. The van der Waals surface area contributed by atoms with E-state index in [0.29, 0.717) is 12.8 Å². The van der Waals surface area contributed by atoms with Crippen molar-refractivity contribution in [3.8, 4) is 0 Å². The van der Waals surface area contributed by atoms with Crippen molar-refractivity contribution in [1.29, 1.82) is 0 Å². The van der Waals surface area contributed by atoms with Crippen LogP contribution in [0.15, 0.2) is 0 Å². The molecule has 2 atom stereocenters. The second-order valence-electron chi connectivity index (χ2n) is 28.0. The summed E-state index contributed by atoms with van der Waals surface area (Å²) in [4.78, 5) is 35.4. The van der Waals surface area contributed by atoms with Gasteiger partial charge in [0, 0.05) is 19.4 Å². The van der Waals surface area contributed by atoms with Gasteiger partial charge in [0.05, 0.1) is 13.2 Å². The minimum Gasteiger partial charge on any atom is -0.462 e. The largest absolute Gasteiger partial charge is 0.472 e. The predicted molar refractivity (Wildman–Crippen MR) is 386 cm³/mol. The molecule has 0 aromatic rings. The molecular weight excluding hydrogens is 1120 g/mol. The maximum atomic E-state index is 12.8. The summed E-state index contributed by atoms with van der Waals surface area (Å²) in [5, 5.41) is 0. The third-order valence-corrected chi connectivity index (χ3v) is 20.0. The first kappa shape index (κ1) is 88.0. The van der Waals surface area contributed by atoms with E-state index in [-0.39, 0.29) is 32.1 Å². The quantitative estimate of drug-likeness (QED) is 0.0347. The lowest BCUT2D eigenvalue weighted by Gasteiger charge is -2.19. The highest BCUT2D eigenvalue weighted by molar-refractivity contribution is 7.47. The van der Waals surface area contributed by atoms with Crippen molar-refractivity contribution in [3.63, 3.8) is 0 Å². The summed E-state index contributed by atoms with van der Waals surface area (Å²) in [7, 11) is -4.39. The van der Waals surface area contributed by atoms with Crippen LogP contribution in [0.3, 0.4) is 0 Å². The fourth-order valence-corrected chi connectivity index (χ4v) is 13.8. The van der Waals surface area contributed by atoms with Gasteiger partial charge >= 0.3 is 19.8 Å². The van der Waals surface area contributed by atoms with Crippen molar-refractivity contribution < 1.29 is 37.6 Å². The Labute approximate surface area is 556 Å². The van der Waals surface area contributed by atoms with Crippen LogP contribution in [0.5, 0.6) is 0 Å². The molecule has 0 aromatic carbocycles. The van der Waals surface area contributed by atoms with Gasteiger partial charge in [-0.1, -0.05) is 438 Å². The Morgan fingerprint density at radius 3 is 0.685 bits per heavy atom. The van der Waals surface area contributed by atoms with Crippen LogP contribution in [-0.4, -0.2) is 49.3 Å². The molecule has 0 aliphatic heterocycles. The van der Waals surface area contributed by atoms with Crippen molar-refractivity contribution in [3.05, 3.63) is 0 Å². The zero-order valence-corrected chi connectivity index (χ0v) is 61.1. The molecule has 0 saturated carbocycles. The summed E-state index contributed by atoms with van der Waals surface area (Å²) in [5.74, 6) is -0.794. The molecule has 10 heteroatoms. The summed E-state index contributed by atoms with van der Waals surface area (Å²) in [6, 6.07) is 0. The smallest absolute Gasteiger partial charge is 0.462 e. The molecule has 0 rings (SSSR count). The van der Waals surface area contributed by atoms with Crippen molar-refractivity contribution in [1.82, 2.24) is 0 Å². The van der Waals surface area contributed by atoms with Crippen LogP contribution < -0.4 is 5.73 Å². The van der Waals surface area contributed by atoms with E-state index in [2.05, 4.69) is 13.8 Å². The van der Waals surface area contributed by atoms with Gasteiger partial charge in [0.25, 0.3) is 0 Å². The molecule has 3 N–H and O–H groups in total. The first-order valence-corrected chi connectivity index (χ1v) is 42.0. The first-order valence-electron chi connectivity index (χ1n) is 40.5. The highest BCUT2D eigenvalue weighted by atomic mass is 31.2. The van der Waals surface area contributed by atoms with Gasteiger partial charge in [-0.25, -0.2) is 4.57 Å². The summed E-state index contributed by atoms with van der Waals surface area (Å²) >= 11 is 0. The standard InChI is InChI=1S/C79H158NO8P/c1-3-5-7-9-11-13-15-17-19-21-23-25-27-29-31-32-33-34-35-36-37-38-39-40-41-42-43-44-46-48-50-52-54-56-58-60-62-64-66-68-70-72-79(82)88-77(76-87-89(83,84)86-74-73-80)75-85-78(81)71-69-67-65-63-61-59-57-55-53-51-49-47-45-30-28-26-24-22-20-18-16-14-12-10-8-6-4-2/h77H,3-76,80H2,1-2H3,(H,83,84). The highest BCUT2D eigenvalue weighted by Crippen LogP contribution is 2.43. The molecular formula is C79H158NO8P. The highest BCUT2D eigenvalue weighted by Gasteiger charge is 2.26. The number of esters is 2. The average molecular weight is 1280 g/mol. The zero-order chi connectivity index (χ0) is 64.4. The van der Waals surface area contributed by atoms with Crippen molar-refractivity contribution in [2.24, 2.45) is 5.73 Å². The van der Waals surface area contributed by atoms with Gasteiger partial charge in [-0.2, -0.15) is 0 Å². The Morgan fingerprint density at radius 2 is 0.483 bits per heavy atom. The molecule has 0 saturated heterocycles. The number of unbranched alkanes of at least 4 members (excludes halogenated alkanes) is 66. The summed E-state index contributed by atoms with van der Waals surface area (Å²) in [6.07, 6.45) is 92.7. The number of nitrogens with two attached hydrogens (primary N) is 1. The molecule has 0 spiro atoms.